The molecule has 1 fully saturated rings. The largest absolute Gasteiger partial charge is 0.489 e. The van der Waals surface area contributed by atoms with Gasteiger partial charge in [0.25, 0.3) is 0 Å². The van der Waals surface area contributed by atoms with E-state index in [9.17, 15) is 9.59 Å². The highest BCUT2D eigenvalue weighted by atomic mass is 35.5. The minimum absolute atomic E-state index is 0.0974. The lowest BCUT2D eigenvalue weighted by Gasteiger charge is -2.17. The summed E-state index contributed by atoms with van der Waals surface area (Å²) >= 11 is 18.0. The van der Waals surface area contributed by atoms with Crippen molar-refractivity contribution >= 4 is 58.0 Å². The number of halogens is 3. The minimum atomic E-state index is -0.451. The van der Waals surface area contributed by atoms with Crippen molar-refractivity contribution in [2.75, 3.05) is 16.9 Å². The second-order valence-corrected chi connectivity index (χ2v) is 8.82. The number of hydrazine groups is 1. The molecule has 3 aromatic carbocycles. The average Bonchev–Trinajstić information content (AvgIpc) is 3.20. The summed E-state index contributed by atoms with van der Waals surface area (Å²) in [5.74, 6) is -0.150. The van der Waals surface area contributed by atoms with Gasteiger partial charge in [-0.3, -0.25) is 20.4 Å². The van der Waals surface area contributed by atoms with Crippen LogP contribution < -0.4 is 20.5 Å². The summed E-state index contributed by atoms with van der Waals surface area (Å²) in [5, 5.41) is 1.71. The molecule has 9 heteroatoms. The van der Waals surface area contributed by atoms with Gasteiger partial charge in [0, 0.05) is 39.3 Å². The molecule has 2 amide bonds. The van der Waals surface area contributed by atoms with Crippen molar-refractivity contribution in [2.24, 2.45) is 5.92 Å². The van der Waals surface area contributed by atoms with E-state index in [1.807, 2.05) is 6.07 Å². The van der Waals surface area contributed by atoms with Gasteiger partial charge in [0.1, 0.15) is 12.4 Å². The highest BCUT2D eigenvalue weighted by Gasteiger charge is 2.35. The molecule has 0 radical (unpaired) electrons. The summed E-state index contributed by atoms with van der Waals surface area (Å²) in [5.41, 5.74) is 7.78. The molecule has 0 unspecified atom stereocenters. The molecular formula is C24H20Cl3N3O3. The van der Waals surface area contributed by atoms with E-state index >= 15 is 0 Å². The third-order valence-corrected chi connectivity index (χ3v) is 6.07. The van der Waals surface area contributed by atoms with Crippen LogP contribution in [0.3, 0.4) is 0 Å². The molecule has 33 heavy (non-hydrogen) atoms. The Morgan fingerprint density at radius 2 is 1.67 bits per heavy atom. The molecule has 170 valence electrons. The SMILES string of the molecule is O=C(NNc1ccc(OCc2ccc(Cl)cc2Cl)cc1)[C@H]1CC(=O)N(c2ccc(Cl)cc2)C1. The third-order valence-electron chi connectivity index (χ3n) is 5.23. The van der Waals surface area contributed by atoms with E-state index in [0.29, 0.717) is 39.7 Å². The van der Waals surface area contributed by atoms with Gasteiger partial charge in [-0.2, -0.15) is 0 Å². The number of hydrogen-bond donors (Lipinski definition) is 2. The van der Waals surface area contributed by atoms with E-state index in [2.05, 4.69) is 10.9 Å². The van der Waals surface area contributed by atoms with Gasteiger partial charge < -0.3 is 9.64 Å². The van der Waals surface area contributed by atoms with Gasteiger partial charge in [-0.25, -0.2) is 0 Å². The molecule has 0 bridgehead atoms. The van der Waals surface area contributed by atoms with Crippen LogP contribution in [-0.2, 0) is 16.2 Å². The number of carbonyl (C=O) groups excluding carboxylic acids is 2. The lowest BCUT2D eigenvalue weighted by atomic mass is 10.1. The lowest BCUT2D eigenvalue weighted by molar-refractivity contribution is -0.125. The Morgan fingerprint density at radius 3 is 2.36 bits per heavy atom. The number of nitrogens with zero attached hydrogens (tertiary/aromatic N) is 1. The molecule has 0 aliphatic carbocycles. The van der Waals surface area contributed by atoms with Gasteiger partial charge in [0.05, 0.1) is 11.6 Å². The zero-order chi connectivity index (χ0) is 23.4. The van der Waals surface area contributed by atoms with Gasteiger partial charge >= 0.3 is 0 Å². The van der Waals surface area contributed by atoms with Gasteiger partial charge in [-0.15, -0.1) is 0 Å². The first-order valence-corrected chi connectivity index (χ1v) is 11.3. The summed E-state index contributed by atoms with van der Waals surface area (Å²) in [4.78, 5) is 26.5. The summed E-state index contributed by atoms with van der Waals surface area (Å²) in [7, 11) is 0. The summed E-state index contributed by atoms with van der Waals surface area (Å²) in [6, 6.07) is 19.3. The second kappa shape index (κ2) is 10.3. The van der Waals surface area contributed by atoms with Crippen LogP contribution in [0.25, 0.3) is 0 Å². The minimum Gasteiger partial charge on any atom is -0.489 e. The van der Waals surface area contributed by atoms with E-state index in [0.717, 1.165) is 11.3 Å². The first-order chi connectivity index (χ1) is 15.9. The van der Waals surface area contributed by atoms with E-state index in [4.69, 9.17) is 39.5 Å². The maximum absolute atomic E-state index is 12.6. The van der Waals surface area contributed by atoms with E-state index in [-0.39, 0.29) is 18.2 Å². The molecule has 0 spiro atoms. The summed E-state index contributed by atoms with van der Waals surface area (Å²) in [6.45, 7) is 0.618. The Labute approximate surface area is 206 Å². The number of ether oxygens (including phenoxy) is 1. The zero-order valence-electron chi connectivity index (χ0n) is 17.4. The van der Waals surface area contributed by atoms with E-state index in [1.54, 1.807) is 65.6 Å². The number of hydrogen-bond acceptors (Lipinski definition) is 4. The smallest absolute Gasteiger partial charge is 0.243 e. The Balaban J connectivity index is 1.27. The van der Waals surface area contributed by atoms with Crippen LogP contribution >= 0.6 is 34.8 Å². The lowest BCUT2D eigenvalue weighted by Crippen LogP contribution is -2.36. The fraction of sp³-hybridized carbons (Fsp3) is 0.167. The van der Waals surface area contributed by atoms with E-state index in [1.165, 1.54) is 0 Å². The van der Waals surface area contributed by atoms with Crippen LogP contribution in [0, 0.1) is 5.92 Å². The van der Waals surface area contributed by atoms with E-state index < -0.39 is 5.92 Å². The van der Waals surface area contributed by atoms with Crippen molar-refractivity contribution in [3.63, 3.8) is 0 Å². The molecule has 1 aliphatic heterocycles. The number of benzene rings is 3. The van der Waals surface area contributed by atoms with Crippen molar-refractivity contribution < 1.29 is 14.3 Å². The highest BCUT2D eigenvalue weighted by molar-refractivity contribution is 6.35. The van der Waals surface area contributed by atoms with Gasteiger partial charge in [-0.1, -0.05) is 40.9 Å². The topological polar surface area (TPSA) is 70.7 Å². The molecule has 1 heterocycles. The van der Waals surface area contributed by atoms with Crippen LogP contribution in [0.5, 0.6) is 5.75 Å². The third kappa shape index (κ3) is 5.90. The molecule has 1 atom stereocenters. The first kappa shape index (κ1) is 23.2. The number of amides is 2. The van der Waals surface area contributed by atoms with Crippen LogP contribution in [0.15, 0.2) is 66.7 Å². The van der Waals surface area contributed by atoms with Crippen LogP contribution in [0.2, 0.25) is 15.1 Å². The van der Waals surface area contributed by atoms with Crippen LogP contribution in [0.1, 0.15) is 12.0 Å². The fourth-order valence-electron chi connectivity index (χ4n) is 3.42. The molecule has 6 nitrogen and oxygen atoms in total. The van der Waals surface area contributed by atoms with Crippen LogP contribution in [0.4, 0.5) is 11.4 Å². The second-order valence-electron chi connectivity index (χ2n) is 7.54. The molecule has 1 saturated heterocycles. The standard InChI is InChI=1S/C24H20Cl3N3O3/c25-17-3-7-20(8-4-17)30-13-16(11-23(30)31)24(32)29-28-19-5-9-21(10-6-19)33-14-15-1-2-18(26)12-22(15)27/h1-10,12,16,28H,11,13-14H2,(H,29,32)/t16-/m0/s1. The fourth-order valence-corrected chi connectivity index (χ4v) is 4.01. The van der Waals surface area contributed by atoms with Crippen molar-refractivity contribution in [3.05, 3.63) is 87.4 Å². The maximum Gasteiger partial charge on any atom is 0.243 e. The van der Waals surface area contributed by atoms with Crippen molar-refractivity contribution in [1.82, 2.24) is 5.43 Å². The quantitative estimate of drug-likeness (QED) is 0.404. The van der Waals surface area contributed by atoms with Crippen molar-refractivity contribution in [1.29, 1.82) is 0 Å². The molecule has 0 aromatic heterocycles. The maximum atomic E-state index is 12.6. The number of nitrogens with one attached hydrogen (secondary N) is 2. The summed E-state index contributed by atoms with van der Waals surface area (Å²) in [6.07, 6.45) is 0.149. The van der Waals surface area contributed by atoms with Crippen LogP contribution in [-0.4, -0.2) is 18.4 Å². The Bertz CT molecular complexity index is 1150. The molecule has 0 saturated carbocycles. The predicted molar refractivity (Wildman–Crippen MR) is 131 cm³/mol. The average molecular weight is 505 g/mol. The molecule has 4 rings (SSSR count). The van der Waals surface area contributed by atoms with Gasteiger partial charge in [0.2, 0.25) is 11.8 Å². The Morgan fingerprint density at radius 1 is 0.970 bits per heavy atom. The Kier molecular flexibility index (Phi) is 7.28. The molecule has 3 aromatic rings. The summed E-state index contributed by atoms with van der Waals surface area (Å²) < 4.78 is 5.75. The first-order valence-electron chi connectivity index (χ1n) is 10.2. The zero-order valence-corrected chi connectivity index (χ0v) is 19.6. The normalized spacial score (nSPS) is 15.4. The molecule has 1 aliphatic rings. The molecular weight excluding hydrogens is 485 g/mol. The Hall–Kier alpha value is -2.93. The van der Waals surface area contributed by atoms with Crippen molar-refractivity contribution in [3.8, 4) is 5.75 Å². The highest BCUT2D eigenvalue weighted by Crippen LogP contribution is 2.27. The number of carbonyl (C=O) groups is 2. The number of anilines is 2. The molecule has 2 N–H and O–H groups in total. The monoisotopic (exact) mass is 503 g/mol. The predicted octanol–water partition coefficient (Wildman–Crippen LogP) is 5.72. The van der Waals surface area contributed by atoms with Gasteiger partial charge in [-0.05, 0) is 60.7 Å². The van der Waals surface area contributed by atoms with Gasteiger partial charge in [0.15, 0.2) is 0 Å². The van der Waals surface area contributed by atoms with Crippen molar-refractivity contribution in [2.45, 2.75) is 13.0 Å². The number of rotatable bonds is 7.